The van der Waals surface area contributed by atoms with E-state index in [0.717, 1.165) is 25.5 Å². The zero-order valence-electron chi connectivity index (χ0n) is 18.9. The highest BCUT2D eigenvalue weighted by molar-refractivity contribution is 6.07. The Kier molecular flexibility index (Phi) is 6.67. The summed E-state index contributed by atoms with van der Waals surface area (Å²) in [4.78, 5) is 6.52. The number of hydrogen-bond acceptors (Lipinski definition) is 7. The number of pyridine rings is 1. The van der Waals surface area contributed by atoms with Gasteiger partial charge in [-0.3, -0.25) is 4.90 Å². The standard InChI is InChI=1S/C23H33F2N5O2/c1-12(2)29-19(9-18(26)14-6-20(32-23(24)25)22(27)28-10-14)21-16-7-15(8-17(16)21)30-4-5-31-11-13(30)3/h6,9-10,12-13,15-17,21,23,26,29H,4-5,7-8,11H2,1-3H3,(H2,27,28)/b19-9-,26-18?/t13-,15?,16-,17+,21+/m0/s1. The van der Waals surface area contributed by atoms with Crippen LogP contribution in [-0.2, 0) is 4.74 Å². The molecule has 32 heavy (non-hydrogen) atoms. The Labute approximate surface area is 187 Å². The monoisotopic (exact) mass is 449 g/mol. The predicted octanol–water partition coefficient (Wildman–Crippen LogP) is 3.26. The van der Waals surface area contributed by atoms with Crippen LogP contribution in [0.2, 0.25) is 0 Å². The van der Waals surface area contributed by atoms with Crippen LogP contribution in [0.3, 0.4) is 0 Å². The molecule has 176 valence electrons. The number of anilines is 1. The number of halogens is 2. The number of hydrogen-bond donors (Lipinski definition) is 3. The maximum absolute atomic E-state index is 12.6. The number of nitrogens with two attached hydrogens (primary N) is 1. The molecule has 4 rings (SSSR count). The van der Waals surface area contributed by atoms with Gasteiger partial charge in [0.2, 0.25) is 0 Å². The Morgan fingerprint density at radius 1 is 1.38 bits per heavy atom. The van der Waals surface area contributed by atoms with Crippen LogP contribution in [0.1, 0.15) is 39.2 Å². The van der Waals surface area contributed by atoms with Crippen LogP contribution < -0.4 is 15.8 Å². The zero-order chi connectivity index (χ0) is 23.0. The lowest BCUT2D eigenvalue weighted by molar-refractivity contribution is -0.0495. The SMILES string of the molecule is CC(C)N/C(=C\C(=N)c1cnc(N)c(OC(F)F)c1)[C@H]1[C@@H]2CC(N3CCOC[C@@H]3C)C[C@@H]21. The zero-order valence-corrected chi connectivity index (χ0v) is 18.9. The number of allylic oxidation sites excluding steroid dienone is 2. The number of alkyl halides is 2. The lowest BCUT2D eigenvalue weighted by Gasteiger charge is -2.39. The second-order valence-corrected chi connectivity index (χ2v) is 9.44. The average Bonchev–Trinajstić information content (AvgIpc) is 3.22. The van der Waals surface area contributed by atoms with Gasteiger partial charge in [-0.1, -0.05) is 0 Å². The minimum atomic E-state index is -3.00. The molecule has 1 aliphatic heterocycles. The summed E-state index contributed by atoms with van der Waals surface area (Å²) in [7, 11) is 0. The second kappa shape index (κ2) is 9.31. The molecule has 7 nitrogen and oxygen atoms in total. The van der Waals surface area contributed by atoms with E-state index < -0.39 is 6.61 Å². The van der Waals surface area contributed by atoms with Crippen molar-refractivity contribution in [3.05, 3.63) is 29.6 Å². The fourth-order valence-corrected chi connectivity index (χ4v) is 5.43. The normalized spacial score (nSPS) is 30.5. The van der Waals surface area contributed by atoms with Gasteiger partial charge in [0.25, 0.3) is 0 Å². The number of aromatic nitrogens is 1. The number of rotatable bonds is 8. The highest BCUT2D eigenvalue weighted by atomic mass is 19.3. The summed E-state index contributed by atoms with van der Waals surface area (Å²) in [6, 6.07) is 2.65. The van der Waals surface area contributed by atoms with Crippen molar-refractivity contribution in [3.8, 4) is 5.75 Å². The van der Waals surface area contributed by atoms with E-state index in [9.17, 15) is 8.78 Å². The summed E-state index contributed by atoms with van der Waals surface area (Å²) in [5.74, 6) is 1.31. The van der Waals surface area contributed by atoms with Crippen LogP contribution in [0.15, 0.2) is 24.0 Å². The summed E-state index contributed by atoms with van der Waals surface area (Å²) < 4.78 is 35.3. The third-order valence-corrected chi connectivity index (χ3v) is 6.83. The van der Waals surface area contributed by atoms with Crippen molar-refractivity contribution in [2.24, 2.45) is 17.8 Å². The third-order valence-electron chi connectivity index (χ3n) is 6.83. The predicted molar refractivity (Wildman–Crippen MR) is 119 cm³/mol. The van der Waals surface area contributed by atoms with Gasteiger partial charge in [0.05, 0.1) is 18.9 Å². The van der Waals surface area contributed by atoms with E-state index in [4.69, 9.17) is 15.9 Å². The molecule has 0 spiro atoms. The first-order chi connectivity index (χ1) is 15.2. The first kappa shape index (κ1) is 22.9. The Balaban J connectivity index is 1.46. The van der Waals surface area contributed by atoms with Crippen LogP contribution in [0, 0.1) is 23.2 Å². The molecule has 0 bridgehead atoms. The second-order valence-electron chi connectivity index (χ2n) is 9.44. The highest BCUT2D eigenvalue weighted by Gasteiger charge is 2.58. The van der Waals surface area contributed by atoms with E-state index in [-0.39, 0.29) is 23.3 Å². The van der Waals surface area contributed by atoms with E-state index in [0.29, 0.717) is 35.4 Å². The molecular weight excluding hydrogens is 416 g/mol. The number of nitrogen functional groups attached to an aromatic ring is 1. The lowest BCUT2D eigenvalue weighted by Crippen LogP contribution is -2.49. The van der Waals surface area contributed by atoms with Crippen molar-refractivity contribution in [2.75, 3.05) is 25.5 Å². The molecule has 1 unspecified atom stereocenters. The van der Waals surface area contributed by atoms with Crippen LogP contribution in [0.25, 0.3) is 0 Å². The van der Waals surface area contributed by atoms with Gasteiger partial charge in [-0.15, -0.1) is 0 Å². The van der Waals surface area contributed by atoms with Crippen molar-refractivity contribution in [2.45, 2.75) is 58.3 Å². The van der Waals surface area contributed by atoms with Crippen LogP contribution in [0.5, 0.6) is 5.75 Å². The fourth-order valence-electron chi connectivity index (χ4n) is 5.43. The van der Waals surface area contributed by atoms with Gasteiger partial charge in [0.15, 0.2) is 11.6 Å². The molecule has 9 heteroatoms. The Morgan fingerprint density at radius 3 is 2.72 bits per heavy atom. The minimum Gasteiger partial charge on any atom is -0.431 e. The topological polar surface area (TPSA) is 96.5 Å². The molecule has 0 amide bonds. The van der Waals surface area contributed by atoms with E-state index in [1.54, 1.807) is 0 Å². The Bertz CT molecular complexity index is 866. The maximum Gasteiger partial charge on any atom is 0.387 e. The van der Waals surface area contributed by atoms with Crippen LogP contribution in [-0.4, -0.2) is 60.1 Å². The van der Waals surface area contributed by atoms with Gasteiger partial charge in [-0.05, 0) is 57.6 Å². The van der Waals surface area contributed by atoms with Crippen molar-refractivity contribution >= 4 is 11.5 Å². The van der Waals surface area contributed by atoms with Crippen molar-refractivity contribution in [3.63, 3.8) is 0 Å². The van der Waals surface area contributed by atoms with Crippen molar-refractivity contribution in [1.82, 2.24) is 15.2 Å². The van der Waals surface area contributed by atoms with E-state index >= 15 is 0 Å². The molecule has 3 fully saturated rings. The molecule has 2 heterocycles. The summed E-state index contributed by atoms with van der Waals surface area (Å²) >= 11 is 0. The van der Waals surface area contributed by atoms with Gasteiger partial charge in [0.1, 0.15) is 0 Å². The van der Waals surface area contributed by atoms with Gasteiger partial charge >= 0.3 is 6.61 Å². The fraction of sp³-hybridized carbons (Fsp3) is 0.652. The molecule has 4 N–H and O–H groups in total. The lowest BCUT2D eigenvalue weighted by atomic mass is 10.00. The molecule has 2 saturated carbocycles. The maximum atomic E-state index is 12.6. The Morgan fingerprint density at radius 2 is 2.09 bits per heavy atom. The van der Waals surface area contributed by atoms with Crippen LogP contribution >= 0.6 is 0 Å². The van der Waals surface area contributed by atoms with E-state index in [1.165, 1.54) is 25.1 Å². The molecule has 3 aliphatic rings. The first-order valence-electron chi connectivity index (χ1n) is 11.4. The van der Waals surface area contributed by atoms with Gasteiger partial charge in [-0.2, -0.15) is 8.78 Å². The number of ether oxygens (including phenoxy) is 2. The molecule has 0 radical (unpaired) electrons. The number of nitrogens with zero attached hydrogens (tertiary/aromatic N) is 2. The number of fused-ring (bicyclic) bond motifs is 1. The first-order valence-corrected chi connectivity index (χ1v) is 11.4. The van der Waals surface area contributed by atoms with Gasteiger partial charge < -0.3 is 25.9 Å². The third kappa shape index (κ3) is 4.88. The summed E-state index contributed by atoms with van der Waals surface area (Å²) in [6.07, 6.45) is 5.57. The minimum absolute atomic E-state index is 0.119. The van der Waals surface area contributed by atoms with Crippen LogP contribution in [0.4, 0.5) is 14.6 Å². The number of nitrogens with one attached hydrogen (secondary N) is 2. The molecule has 1 aromatic rings. The number of morpholine rings is 1. The highest BCUT2D eigenvalue weighted by Crippen LogP contribution is 2.61. The van der Waals surface area contributed by atoms with E-state index in [2.05, 4.69) is 40.7 Å². The molecule has 5 atom stereocenters. The van der Waals surface area contributed by atoms with E-state index in [1.807, 2.05) is 6.08 Å². The summed E-state index contributed by atoms with van der Waals surface area (Å²) in [6.45, 7) is 6.01. The van der Waals surface area contributed by atoms with Crippen molar-refractivity contribution < 1.29 is 18.3 Å². The molecule has 1 saturated heterocycles. The molecule has 0 aromatic carbocycles. The van der Waals surface area contributed by atoms with Gasteiger partial charge in [-0.25, -0.2) is 4.98 Å². The Hall–Kier alpha value is -2.26. The van der Waals surface area contributed by atoms with Crippen molar-refractivity contribution in [1.29, 1.82) is 5.41 Å². The average molecular weight is 450 g/mol. The molecular formula is C23H33F2N5O2. The summed E-state index contributed by atoms with van der Waals surface area (Å²) in [5.41, 5.74) is 7.26. The smallest absolute Gasteiger partial charge is 0.387 e. The molecule has 1 aromatic heterocycles. The quantitative estimate of drug-likeness (QED) is 0.527. The summed E-state index contributed by atoms with van der Waals surface area (Å²) in [5, 5.41) is 12.1. The van der Waals surface area contributed by atoms with Gasteiger partial charge in [0, 0.05) is 48.0 Å². The largest absolute Gasteiger partial charge is 0.431 e. The molecule has 2 aliphatic carbocycles.